The molecule has 0 amide bonds. The van der Waals surface area contributed by atoms with Crippen LogP contribution in [0.15, 0.2) is 54.9 Å². The van der Waals surface area contributed by atoms with Crippen molar-refractivity contribution in [1.29, 1.82) is 0 Å². The fraction of sp³-hybridized carbons (Fsp3) is 0.385. The SMILES string of the molecule is Cn1c2ccccc2c2ccnc(CNCCCCN)c21.c1cnc2c(c1)CCCC2. The highest BCUT2D eigenvalue weighted by Gasteiger charge is 2.11. The summed E-state index contributed by atoms with van der Waals surface area (Å²) < 4.78 is 2.24. The summed E-state index contributed by atoms with van der Waals surface area (Å²) in [5.41, 5.74) is 11.9. The Labute approximate surface area is 184 Å². The van der Waals surface area contributed by atoms with Crippen molar-refractivity contribution in [2.24, 2.45) is 12.8 Å². The van der Waals surface area contributed by atoms with E-state index in [1.807, 2.05) is 18.5 Å². The number of pyridine rings is 2. The molecule has 0 spiro atoms. The molecule has 0 saturated heterocycles. The molecule has 3 N–H and O–H groups in total. The van der Waals surface area contributed by atoms with Crippen molar-refractivity contribution in [2.45, 2.75) is 45.1 Å². The summed E-state index contributed by atoms with van der Waals surface area (Å²) in [7, 11) is 2.12. The largest absolute Gasteiger partial charge is 0.342 e. The number of aryl methyl sites for hydroxylation is 3. The van der Waals surface area contributed by atoms with Crippen molar-refractivity contribution in [3.8, 4) is 0 Å². The van der Waals surface area contributed by atoms with Crippen LogP contribution in [0, 0.1) is 0 Å². The first-order chi connectivity index (χ1) is 15.3. The van der Waals surface area contributed by atoms with Gasteiger partial charge in [0.25, 0.3) is 0 Å². The minimum absolute atomic E-state index is 0.763. The summed E-state index contributed by atoms with van der Waals surface area (Å²) in [6.07, 6.45) is 11.1. The fourth-order valence-electron chi connectivity index (χ4n) is 4.47. The van der Waals surface area contributed by atoms with Crippen LogP contribution in [0.4, 0.5) is 0 Å². The minimum Gasteiger partial charge on any atom is -0.342 e. The molecule has 3 aromatic heterocycles. The van der Waals surface area contributed by atoms with Crippen molar-refractivity contribution in [3.05, 3.63) is 71.8 Å². The maximum atomic E-state index is 5.52. The molecule has 3 heterocycles. The van der Waals surface area contributed by atoms with Gasteiger partial charge in [0.05, 0.1) is 11.2 Å². The molecule has 0 unspecified atom stereocenters. The Hall–Kier alpha value is -2.76. The molecule has 5 nitrogen and oxygen atoms in total. The van der Waals surface area contributed by atoms with Gasteiger partial charge in [-0.15, -0.1) is 0 Å². The number of para-hydroxylation sites is 1. The number of hydrogen-bond donors (Lipinski definition) is 2. The van der Waals surface area contributed by atoms with Crippen LogP contribution in [0.3, 0.4) is 0 Å². The zero-order chi connectivity index (χ0) is 21.5. The van der Waals surface area contributed by atoms with Crippen LogP contribution >= 0.6 is 0 Å². The van der Waals surface area contributed by atoms with E-state index in [-0.39, 0.29) is 0 Å². The van der Waals surface area contributed by atoms with Crippen LogP contribution in [-0.4, -0.2) is 27.6 Å². The third-order valence-electron chi connectivity index (χ3n) is 6.09. The number of hydrogen-bond acceptors (Lipinski definition) is 4. The van der Waals surface area contributed by atoms with Crippen LogP contribution in [0.5, 0.6) is 0 Å². The highest BCUT2D eigenvalue weighted by Crippen LogP contribution is 2.29. The molecule has 0 bridgehead atoms. The third-order valence-corrected chi connectivity index (χ3v) is 6.09. The third kappa shape index (κ3) is 4.94. The number of nitrogens with two attached hydrogens (primary N) is 1. The molecule has 0 aliphatic heterocycles. The summed E-state index contributed by atoms with van der Waals surface area (Å²) >= 11 is 0. The predicted molar refractivity (Wildman–Crippen MR) is 129 cm³/mol. The Bertz CT molecular complexity index is 1110. The van der Waals surface area contributed by atoms with Crippen molar-refractivity contribution in [3.63, 3.8) is 0 Å². The Kier molecular flexibility index (Phi) is 7.28. The number of fused-ring (bicyclic) bond motifs is 4. The van der Waals surface area contributed by atoms with Gasteiger partial charge in [-0.2, -0.15) is 0 Å². The zero-order valence-electron chi connectivity index (χ0n) is 18.5. The molecule has 0 radical (unpaired) electrons. The quantitative estimate of drug-likeness (QED) is 0.455. The molecular weight excluding hydrogens is 382 g/mol. The van der Waals surface area contributed by atoms with E-state index in [2.05, 4.69) is 63.3 Å². The lowest BCUT2D eigenvalue weighted by molar-refractivity contribution is 0.621. The van der Waals surface area contributed by atoms with E-state index < -0.39 is 0 Å². The molecule has 5 heteroatoms. The summed E-state index contributed by atoms with van der Waals surface area (Å²) in [4.78, 5) is 8.89. The Balaban J connectivity index is 0.000000192. The Morgan fingerprint density at radius 2 is 1.81 bits per heavy atom. The van der Waals surface area contributed by atoms with E-state index in [4.69, 9.17) is 5.73 Å². The van der Waals surface area contributed by atoms with E-state index >= 15 is 0 Å². The number of nitrogens with zero attached hydrogens (tertiary/aromatic N) is 3. The van der Waals surface area contributed by atoms with Gasteiger partial charge in [-0.05, 0) is 75.4 Å². The van der Waals surface area contributed by atoms with Gasteiger partial charge in [-0.3, -0.25) is 9.97 Å². The van der Waals surface area contributed by atoms with E-state index in [1.165, 1.54) is 58.7 Å². The van der Waals surface area contributed by atoms with Crippen LogP contribution in [0.2, 0.25) is 0 Å². The summed E-state index contributed by atoms with van der Waals surface area (Å²) in [6, 6.07) is 14.8. The average molecular weight is 416 g/mol. The maximum absolute atomic E-state index is 5.52. The van der Waals surface area contributed by atoms with Crippen molar-refractivity contribution < 1.29 is 0 Å². The van der Waals surface area contributed by atoms with Gasteiger partial charge in [0, 0.05) is 48.0 Å². The van der Waals surface area contributed by atoms with E-state index in [0.717, 1.165) is 38.2 Å². The molecule has 1 aliphatic carbocycles. The van der Waals surface area contributed by atoms with Gasteiger partial charge >= 0.3 is 0 Å². The van der Waals surface area contributed by atoms with Crippen LogP contribution in [-0.2, 0) is 26.4 Å². The lowest BCUT2D eigenvalue weighted by Gasteiger charge is -2.12. The highest BCUT2D eigenvalue weighted by molar-refractivity contribution is 6.08. The van der Waals surface area contributed by atoms with E-state index in [1.54, 1.807) is 0 Å². The van der Waals surface area contributed by atoms with Gasteiger partial charge < -0.3 is 15.6 Å². The molecule has 0 saturated carbocycles. The molecule has 1 aliphatic rings. The maximum Gasteiger partial charge on any atom is 0.0784 e. The molecule has 1 aromatic carbocycles. The predicted octanol–water partition coefficient (Wildman–Crippen LogP) is 4.52. The molecule has 5 rings (SSSR count). The van der Waals surface area contributed by atoms with E-state index in [9.17, 15) is 0 Å². The molecule has 4 aromatic rings. The minimum atomic E-state index is 0.763. The zero-order valence-corrected chi connectivity index (χ0v) is 18.5. The van der Waals surface area contributed by atoms with Gasteiger partial charge in [0.2, 0.25) is 0 Å². The lowest BCUT2D eigenvalue weighted by atomic mass is 9.96. The second-order valence-corrected chi connectivity index (χ2v) is 8.22. The lowest BCUT2D eigenvalue weighted by Crippen LogP contribution is -2.17. The number of unbranched alkanes of at least 4 members (excludes halogenated alkanes) is 1. The van der Waals surface area contributed by atoms with Gasteiger partial charge in [0.1, 0.15) is 0 Å². The monoisotopic (exact) mass is 415 g/mol. The second-order valence-electron chi connectivity index (χ2n) is 8.22. The summed E-state index contributed by atoms with van der Waals surface area (Å²) in [6.45, 7) is 2.55. The number of aromatic nitrogens is 3. The Morgan fingerprint density at radius 1 is 0.935 bits per heavy atom. The first-order valence-electron chi connectivity index (χ1n) is 11.4. The van der Waals surface area contributed by atoms with Gasteiger partial charge in [-0.25, -0.2) is 0 Å². The van der Waals surface area contributed by atoms with Gasteiger partial charge in [-0.1, -0.05) is 24.3 Å². The van der Waals surface area contributed by atoms with Crippen molar-refractivity contribution in [2.75, 3.05) is 13.1 Å². The average Bonchev–Trinajstić information content (AvgIpc) is 3.12. The molecule has 0 atom stereocenters. The number of nitrogens with one attached hydrogen (secondary N) is 1. The molecule has 0 fully saturated rings. The van der Waals surface area contributed by atoms with Crippen LogP contribution in [0.1, 0.15) is 42.6 Å². The highest BCUT2D eigenvalue weighted by atomic mass is 15.0. The molecular formula is C26H33N5. The first-order valence-corrected chi connectivity index (χ1v) is 11.4. The first kappa shape index (κ1) is 21.5. The standard InChI is InChI=1S/C17H22N4.C9H11N/c1-21-16-7-3-2-6-13(16)14-8-11-20-15(17(14)21)12-19-10-5-4-9-18;1-2-6-9-8(4-1)5-3-7-10-9/h2-3,6-8,11,19H,4-5,9-10,12,18H2,1H3;3,5,7H,1-2,4,6H2. The van der Waals surface area contributed by atoms with Crippen molar-refractivity contribution in [1.82, 2.24) is 19.9 Å². The fourth-order valence-corrected chi connectivity index (χ4v) is 4.47. The molecule has 31 heavy (non-hydrogen) atoms. The Morgan fingerprint density at radius 3 is 2.68 bits per heavy atom. The normalized spacial score (nSPS) is 13.1. The van der Waals surface area contributed by atoms with Crippen LogP contribution in [0.25, 0.3) is 21.8 Å². The topological polar surface area (TPSA) is 68.8 Å². The smallest absolute Gasteiger partial charge is 0.0784 e. The van der Waals surface area contributed by atoms with Crippen molar-refractivity contribution >= 4 is 21.8 Å². The summed E-state index contributed by atoms with van der Waals surface area (Å²) in [5, 5.41) is 6.04. The summed E-state index contributed by atoms with van der Waals surface area (Å²) in [5.74, 6) is 0. The number of rotatable bonds is 6. The van der Waals surface area contributed by atoms with Crippen LogP contribution < -0.4 is 11.1 Å². The molecule has 162 valence electrons. The van der Waals surface area contributed by atoms with Gasteiger partial charge in [0.15, 0.2) is 0 Å². The second kappa shape index (κ2) is 10.5. The van der Waals surface area contributed by atoms with E-state index in [0.29, 0.717) is 0 Å². The number of benzene rings is 1.